The molecule has 0 atom stereocenters. The number of ether oxygens (including phenoxy) is 2. The summed E-state index contributed by atoms with van der Waals surface area (Å²) in [6.45, 7) is 6.98. The molecule has 0 saturated heterocycles. The minimum atomic E-state index is -0.115. The Morgan fingerprint density at radius 3 is 2.47 bits per heavy atom. The Balaban J connectivity index is 2.21. The molecule has 8 heteroatoms. The minimum Gasteiger partial charge on any atom is -0.495 e. The fourth-order valence-electron chi connectivity index (χ4n) is 3.24. The number of anilines is 2. The molecule has 0 unspecified atom stereocenters. The zero-order valence-corrected chi connectivity index (χ0v) is 18.5. The van der Waals surface area contributed by atoms with E-state index in [1.165, 1.54) is 0 Å². The summed E-state index contributed by atoms with van der Waals surface area (Å²) in [6.07, 6.45) is 1.56. The SMILES string of the molecule is CCN(CC)C(=O)c1cnc2nc(C)ccc2c1Nc1cc(Cl)c(OC)cc1OC. The zero-order valence-electron chi connectivity index (χ0n) is 17.7. The Morgan fingerprint density at radius 2 is 1.83 bits per heavy atom. The van der Waals surface area contributed by atoms with Crippen LogP contribution in [0, 0.1) is 6.92 Å². The van der Waals surface area contributed by atoms with Gasteiger partial charge in [0, 0.05) is 36.4 Å². The van der Waals surface area contributed by atoms with Gasteiger partial charge in [-0.2, -0.15) is 0 Å². The van der Waals surface area contributed by atoms with E-state index in [9.17, 15) is 4.79 Å². The second-order valence-corrected chi connectivity index (χ2v) is 7.07. The quantitative estimate of drug-likeness (QED) is 0.580. The van der Waals surface area contributed by atoms with Gasteiger partial charge in [0.25, 0.3) is 5.91 Å². The lowest BCUT2D eigenvalue weighted by atomic mass is 10.1. The van der Waals surface area contributed by atoms with Gasteiger partial charge >= 0.3 is 0 Å². The number of rotatable bonds is 7. The number of amides is 1. The second kappa shape index (κ2) is 9.17. The molecule has 158 valence electrons. The normalized spacial score (nSPS) is 10.7. The van der Waals surface area contributed by atoms with E-state index in [2.05, 4.69) is 15.3 Å². The largest absolute Gasteiger partial charge is 0.495 e. The zero-order chi connectivity index (χ0) is 21.8. The number of pyridine rings is 2. The van der Waals surface area contributed by atoms with Crippen molar-refractivity contribution in [1.82, 2.24) is 14.9 Å². The lowest BCUT2D eigenvalue weighted by molar-refractivity contribution is 0.0773. The highest BCUT2D eigenvalue weighted by Crippen LogP contribution is 2.39. The summed E-state index contributed by atoms with van der Waals surface area (Å²) < 4.78 is 10.8. The number of halogens is 1. The Labute approximate surface area is 181 Å². The Bertz CT molecular complexity index is 1080. The van der Waals surface area contributed by atoms with Gasteiger partial charge in [-0.05, 0) is 39.0 Å². The molecular formula is C22H25ClN4O3. The van der Waals surface area contributed by atoms with E-state index < -0.39 is 0 Å². The number of hydrogen-bond donors (Lipinski definition) is 1. The number of aryl methyl sites for hydroxylation is 1. The van der Waals surface area contributed by atoms with Gasteiger partial charge in [0.15, 0.2) is 5.65 Å². The summed E-state index contributed by atoms with van der Waals surface area (Å²) in [6, 6.07) is 7.20. The number of carbonyl (C=O) groups is 1. The van der Waals surface area contributed by atoms with Crippen molar-refractivity contribution in [2.75, 3.05) is 32.6 Å². The number of fused-ring (bicyclic) bond motifs is 1. The summed E-state index contributed by atoms with van der Waals surface area (Å²) in [7, 11) is 3.10. The van der Waals surface area contributed by atoms with E-state index in [0.29, 0.717) is 52.2 Å². The van der Waals surface area contributed by atoms with Gasteiger partial charge in [0.2, 0.25) is 0 Å². The van der Waals surface area contributed by atoms with Crippen molar-refractivity contribution in [3.8, 4) is 11.5 Å². The molecule has 0 fully saturated rings. The first-order chi connectivity index (χ1) is 14.4. The van der Waals surface area contributed by atoms with E-state index in [1.54, 1.807) is 37.4 Å². The number of methoxy groups -OCH3 is 2. The third-order valence-electron chi connectivity index (χ3n) is 4.88. The molecule has 1 N–H and O–H groups in total. The highest BCUT2D eigenvalue weighted by molar-refractivity contribution is 6.32. The highest BCUT2D eigenvalue weighted by atomic mass is 35.5. The number of aromatic nitrogens is 2. The molecule has 0 aliphatic rings. The maximum atomic E-state index is 13.2. The standard InChI is InChI=1S/C22H25ClN4O3/c1-6-27(7-2)22(28)15-12-24-21-14(9-8-13(3)25-21)20(15)26-17-10-16(23)18(29-4)11-19(17)30-5/h8-12H,6-7H2,1-5H3,(H,24,25,26). The second-order valence-electron chi connectivity index (χ2n) is 6.66. The smallest absolute Gasteiger partial charge is 0.257 e. The van der Waals surface area contributed by atoms with Gasteiger partial charge in [-0.15, -0.1) is 0 Å². The molecule has 1 amide bonds. The molecule has 2 aromatic heterocycles. The van der Waals surface area contributed by atoms with Gasteiger partial charge < -0.3 is 19.7 Å². The number of carbonyl (C=O) groups excluding carboxylic acids is 1. The van der Waals surface area contributed by atoms with Crippen molar-refractivity contribution in [2.45, 2.75) is 20.8 Å². The molecule has 7 nitrogen and oxygen atoms in total. The summed E-state index contributed by atoms with van der Waals surface area (Å²) in [5, 5.41) is 4.49. The average Bonchev–Trinajstić information content (AvgIpc) is 2.74. The van der Waals surface area contributed by atoms with Crippen LogP contribution >= 0.6 is 11.6 Å². The van der Waals surface area contributed by atoms with E-state index in [-0.39, 0.29) is 5.91 Å². The Morgan fingerprint density at radius 1 is 1.13 bits per heavy atom. The lowest BCUT2D eigenvalue weighted by Gasteiger charge is -2.22. The summed E-state index contributed by atoms with van der Waals surface area (Å²) >= 11 is 6.34. The first-order valence-corrected chi connectivity index (χ1v) is 10.0. The van der Waals surface area contributed by atoms with Crippen LogP contribution in [0.15, 0.2) is 30.5 Å². The monoisotopic (exact) mass is 428 g/mol. The fourth-order valence-corrected chi connectivity index (χ4v) is 3.48. The highest BCUT2D eigenvalue weighted by Gasteiger charge is 2.21. The molecule has 0 spiro atoms. The van der Waals surface area contributed by atoms with Crippen LogP contribution in [0.5, 0.6) is 11.5 Å². The van der Waals surface area contributed by atoms with Gasteiger partial charge in [-0.3, -0.25) is 4.79 Å². The maximum Gasteiger partial charge on any atom is 0.257 e. The van der Waals surface area contributed by atoms with Gasteiger partial charge in [-0.1, -0.05) is 11.6 Å². The molecule has 0 bridgehead atoms. The van der Waals surface area contributed by atoms with Crippen LogP contribution in [-0.2, 0) is 0 Å². The van der Waals surface area contributed by atoms with Gasteiger partial charge in [0.1, 0.15) is 11.5 Å². The molecule has 0 radical (unpaired) electrons. The van der Waals surface area contributed by atoms with Crippen molar-refractivity contribution >= 4 is 39.9 Å². The van der Waals surface area contributed by atoms with Crippen molar-refractivity contribution in [1.29, 1.82) is 0 Å². The molecule has 0 aliphatic heterocycles. The lowest BCUT2D eigenvalue weighted by Crippen LogP contribution is -2.31. The predicted molar refractivity (Wildman–Crippen MR) is 119 cm³/mol. The van der Waals surface area contributed by atoms with E-state index in [0.717, 1.165) is 11.1 Å². The molecule has 3 aromatic rings. The van der Waals surface area contributed by atoms with Gasteiger partial charge in [0.05, 0.1) is 36.2 Å². The first-order valence-electron chi connectivity index (χ1n) is 9.67. The molecule has 0 aliphatic carbocycles. The van der Waals surface area contributed by atoms with Crippen molar-refractivity contribution in [3.63, 3.8) is 0 Å². The molecule has 3 rings (SSSR count). The number of nitrogens with zero attached hydrogens (tertiary/aromatic N) is 3. The van der Waals surface area contributed by atoms with Crippen LogP contribution in [0.1, 0.15) is 29.9 Å². The van der Waals surface area contributed by atoms with E-state index in [1.807, 2.05) is 32.9 Å². The van der Waals surface area contributed by atoms with E-state index >= 15 is 0 Å². The van der Waals surface area contributed by atoms with Crippen LogP contribution in [0.3, 0.4) is 0 Å². The van der Waals surface area contributed by atoms with Crippen LogP contribution in [-0.4, -0.2) is 48.1 Å². The average molecular weight is 429 g/mol. The van der Waals surface area contributed by atoms with Crippen molar-refractivity contribution < 1.29 is 14.3 Å². The number of hydrogen-bond acceptors (Lipinski definition) is 6. The van der Waals surface area contributed by atoms with Crippen LogP contribution < -0.4 is 14.8 Å². The number of benzene rings is 1. The molecule has 30 heavy (non-hydrogen) atoms. The molecule has 1 aromatic carbocycles. The third-order valence-corrected chi connectivity index (χ3v) is 5.18. The molecular weight excluding hydrogens is 404 g/mol. The van der Waals surface area contributed by atoms with E-state index in [4.69, 9.17) is 21.1 Å². The fraction of sp³-hybridized carbons (Fsp3) is 0.318. The minimum absolute atomic E-state index is 0.115. The summed E-state index contributed by atoms with van der Waals surface area (Å²) in [4.78, 5) is 23.9. The van der Waals surface area contributed by atoms with Crippen LogP contribution in [0.25, 0.3) is 11.0 Å². The maximum absolute atomic E-state index is 13.2. The summed E-state index contributed by atoms with van der Waals surface area (Å²) in [5.41, 5.74) is 3.04. The topological polar surface area (TPSA) is 76.6 Å². The summed E-state index contributed by atoms with van der Waals surface area (Å²) in [5.74, 6) is 0.911. The predicted octanol–water partition coefficient (Wildman–Crippen LogP) is 4.83. The van der Waals surface area contributed by atoms with Crippen LogP contribution in [0.2, 0.25) is 5.02 Å². The third kappa shape index (κ3) is 4.11. The molecule has 2 heterocycles. The van der Waals surface area contributed by atoms with Gasteiger partial charge in [-0.25, -0.2) is 9.97 Å². The van der Waals surface area contributed by atoms with Crippen molar-refractivity contribution in [2.24, 2.45) is 0 Å². The Kier molecular flexibility index (Phi) is 6.62. The molecule has 0 saturated carbocycles. The number of nitrogens with one attached hydrogen (secondary N) is 1. The first kappa shape index (κ1) is 21.6. The van der Waals surface area contributed by atoms with Crippen LogP contribution in [0.4, 0.5) is 11.4 Å². The van der Waals surface area contributed by atoms with Crippen molar-refractivity contribution in [3.05, 3.63) is 46.7 Å². The Hall–Kier alpha value is -3.06.